The molecule has 0 radical (unpaired) electrons. The number of hydrogen-bond acceptors (Lipinski definition) is 6. The largest absolute Gasteiger partial charge is 0.493 e. The number of anilines is 1. The maximum absolute atomic E-state index is 12.8. The van der Waals surface area contributed by atoms with Crippen LogP contribution in [0.15, 0.2) is 47.2 Å². The van der Waals surface area contributed by atoms with Crippen LogP contribution in [0.3, 0.4) is 0 Å². The Morgan fingerprint density at radius 2 is 1.80 bits per heavy atom. The van der Waals surface area contributed by atoms with Crippen LogP contribution in [0.5, 0.6) is 11.5 Å². The molecule has 0 aliphatic rings. The fraction of sp³-hybridized carbons (Fsp3) is 0.125. The number of benzene rings is 2. The Morgan fingerprint density at radius 1 is 1.12 bits per heavy atom. The summed E-state index contributed by atoms with van der Waals surface area (Å²) >= 11 is 3.36. The van der Waals surface area contributed by atoms with E-state index < -0.39 is 0 Å². The third-order valence-electron chi connectivity index (χ3n) is 3.44. The van der Waals surface area contributed by atoms with Crippen molar-refractivity contribution in [3.63, 3.8) is 0 Å². The van der Waals surface area contributed by atoms with Gasteiger partial charge in [-0.2, -0.15) is 4.68 Å². The number of amides is 1. The minimum absolute atomic E-state index is 0.325. The summed E-state index contributed by atoms with van der Waals surface area (Å²) in [5.74, 6) is 0.572. The molecule has 1 aromatic heterocycles. The third-order valence-corrected chi connectivity index (χ3v) is 3.97. The Bertz CT molecular complexity index is 882. The molecular formula is C16H14BrN5O3. The number of nitrogens with zero attached hydrogens (tertiary/aromatic N) is 4. The van der Waals surface area contributed by atoms with Gasteiger partial charge < -0.3 is 14.8 Å². The molecule has 0 aliphatic heterocycles. The van der Waals surface area contributed by atoms with Crippen molar-refractivity contribution in [2.24, 2.45) is 0 Å². The monoisotopic (exact) mass is 403 g/mol. The predicted molar refractivity (Wildman–Crippen MR) is 94.4 cm³/mol. The maximum atomic E-state index is 12.8. The van der Waals surface area contributed by atoms with Crippen molar-refractivity contribution in [1.29, 1.82) is 0 Å². The average Bonchev–Trinajstić information content (AvgIpc) is 3.17. The molecule has 0 saturated heterocycles. The lowest BCUT2D eigenvalue weighted by atomic mass is 10.1. The second-order valence-electron chi connectivity index (χ2n) is 4.94. The van der Waals surface area contributed by atoms with Crippen LogP contribution in [0.4, 0.5) is 5.69 Å². The maximum Gasteiger partial charge on any atom is 0.258 e. The summed E-state index contributed by atoms with van der Waals surface area (Å²) < 4.78 is 12.9. The van der Waals surface area contributed by atoms with Gasteiger partial charge in [-0.25, -0.2) is 0 Å². The molecule has 0 aliphatic carbocycles. The first-order valence-corrected chi connectivity index (χ1v) is 7.98. The lowest BCUT2D eigenvalue weighted by Crippen LogP contribution is -2.16. The molecule has 1 N–H and O–H groups in total. The zero-order chi connectivity index (χ0) is 17.8. The number of hydrogen-bond donors (Lipinski definition) is 1. The lowest BCUT2D eigenvalue weighted by Gasteiger charge is -2.14. The summed E-state index contributed by atoms with van der Waals surface area (Å²) in [6, 6.07) is 10.5. The summed E-state index contributed by atoms with van der Waals surface area (Å²) in [5.41, 5.74) is 1.47. The average molecular weight is 404 g/mol. The number of tetrazole rings is 1. The van der Waals surface area contributed by atoms with Gasteiger partial charge in [0.2, 0.25) is 0 Å². The second-order valence-corrected chi connectivity index (χ2v) is 5.86. The molecular weight excluding hydrogens is 390 g/mol. The molecule has 3 aromatic rings. The highest BCUT2D eigenvalue weighted by Crippen LogP contribution is 2.32. The van der Waals surface area contributed by atoms with Crippen LogP contribution in [-0.4, -0.2) is 40.3 Å². The molecule has 0 bridgehead atoms. The smallest absolute Gasteiger partial charge is 0.258 e. The van der Waals surface area contributed by atoms with E-state index in [1.54, 1.807) is 24.3 Å². The predicted octanol–water partition coefficient (Wildman–Crippen LogP) is 2.69. The van der Waals surface area contributed by atoms with Gasteiger partial charge in [0.15, 0.2) is 11.5 Å². The summed E-state index contributed by atoms with van der Waals surface area (Å²) in [6.07, 6.45) is 1.40. The molecule has 1 amide bonds. The topological polar surface area (TPSA) is 91.2 Å². The number of rotatable bonds is 5. The fourth-order valence-electron chi connectivity index (χ4n) is 2.24. The Balaban J connectivity index is 2.03. The van der Waals surface area contributed by atoms with Gasteiger partial charge in [-0.15, -0.1) is 5.10 Å². The molecule has 8 nitrogen and oxygen atoms in total. The minimum Gasteiger partial charge on any atom is -0.493 e. The van der Waals surface area contributed by atoms with E-state index in [0.717, 1.165) is 4.47 Å². The second kappa shape index (κ2) is 7.31. The van der Waals surface area contributed by atoms with Gasteiger partial charge >= 0.3 is 0 Å². The number of carbonyl (C=O) groups is 1. The van der Waals surface area contributed by atoms with E-state index in [0.29, 0.717) is 28.4 Å². The highest BCUT2D eigenvalue weighted by atomic mass is 79.9. The highest BCUT2D eigenvalue weighted by molar-refractivity contribution is 9.10. The number of nitrogens with one attached hydrogen (secondary N) is 1. The number of ether oxygens (including phenoxy) is 2. The Kier molecular flexibility index (Phi) is 4.94. The van der Waals surface area contributed by atoms with Crippen molar-refractivity contribution in [2.45, 2.75) is 0 Å². The first-order valence-electron chi connectivity index (χ1n) is 7.18. The molecule has 2 aromatic carbocycles. The summed E-state index contributed by atoms with van der Waals surface area (Å²) in [6.45, 7) is 0. The van der Waals surface area contributed by atoms with Crippen molar-refractivity contribution in [1.82, 2.24) is 20.2 Å². The number of methoxy groups -OCH3 is 2. The van der Waals surface area contributed by atoms with Crippen LogP contribution in [0.25, 0.3) is 5.69 Å². The summed E-state index contributed by atoms with van der Waals surface area (Å²) in [4.78, 5) is 12.8. The first-order chi connectivity index (χ1) is 12.1. The van der Waals surface area contributed by atoms with E-state index in [4.69, 9.17) is 9.47 Å². The minimum atomic E-state index is -0.325. The summed E-state index contributed by atoms with van der Waals surface area (Å²) in [7, 11) is 3.02. The quantitative estimate of drug-likeness (QED) is 0.703. The highest BCUT2D eigenvalue weighted by Gasteiger charge is 2.19. The van der Waals surface area contributed by atoms with Crippen LogP contribution in [0.2, 0.25) is 0 Å². The van der Waals surface area contributed by atoms with Crippen LogP contribution >= 0.6 is 15.9 Å². The molecule has 9 heteroatoms. The van der Waals surface area contributed by atoms with Gasteiger partial charge in [-0.05, 0) is 40.8 Å². The number of carbonyl (C=O) groups excluding carboxylic acids is 1. The van der Waals surface area contributed by atoms with Crippen LogP contribution in [0, 0.1) is 0 Å². The molecule has 0 fully saturated rings. The van der Waals surface area contributed by atoms with Gasteiger partial charge in [0.1, 0.15) is 6.33 Å². The number of aromatic nitrogens is 4. The van der Waals surface area contributed by atoms with Gasteiger partial charge in [0, 0.05) is 16.2 Å². The van der Waals surface area contributed by atoms with Crippen molar-refractivity contribution in [3.8, 4) is 17.2 Å². The SMILES string of the molecule is COc1cc(C(=O)Nc2ccc(Br)cc2)c(-n2cnnn2)cc1OC. The Hall–Kier alpha value is -2.94. The molecule has 0 unspecified atom stereocenters. The van der Waals surface area contributed by atoms with Gasteiger partial charge in [0.25, 0.3) is 5.91 Å². The summed E-state index contributed by atoms with van der Waals surface area (Å²) in [5, 5.41) is 13.9. The molecule has 0 spiro atoms. The molecule has 0 atom stereocenters. The zero-order valence-corrected chi connectivity index (χ0v) is 15.0. The van der Waals surface area contributed by atoms with E-state index in [2.05, 4.69) is 36.8 Å². The van der Waals surface area contributed by atoms with Crippen molar-refractivity contribution in [3.05, 3.63) is 52.8 Å². The van der Waals surface area contributed by atoms with Crippen molar-refractivity contribution >= 4 is 27.5 Å². The van der Waals surface area contributed by atoms with E-state index in [1.165, 1.54) is 25.2 Å². The number of halogens is 1. The van der Waals surface area contributed by atoms with E-state index in [1.807, 2.05) is 12.1 Å². The fourth-order valence-corrected chi connectivity index (χ4v) is 2.51. The van der Waals surface area contributed by atoms with Crippen molar-refractivity contribution < 1.29 is 14.3 Å². The van der Waals surface area contributed by atoms with Crippen LogP contribution < -0.4 is 14.8 Å². The molecule has 25 heavy (non-hydrogen) atoms. The van der Waals surface area contributed by atoms with Gasteiger partial charge in [-0.3, -0.25) is 4.79 Å². The van der Waals surface area contributed by atoms with E-state index in [9.17, 15) is 4.79 Å². The normalized spacial score (nSPS) is 10.4. The van der Waals surface area contributed by atoms with Crippen LogP contribution in [-0.2, 0) is 0 Å². The third kappa shape index (κ3) is 3.61. The lowest BCUT2D eigenvalue weighted by molar-refractivity contribution is 0.102. The Morgan fingerprint density at radius 3 is 2.40 bits per heavy atom. The van der Waals surface area contributed by atoms with Gasteiger partial charge in [-0.1, -0.05) is 15.9 Å². The standard InChI is InChI=1S/C16H14BrN5O3/c1-24-14-7-12(16(23)19-11-5-3-10(17)4-6-11)13(8-15(14)25-2)22-9-18-20-21-22/h3-9H,1-2H3,(H,19,23). The van der Waals surface area contributed by atoms with Crippen LogP contribution in [0.1, 0.15) is 10.4 Å². The molecule has 3 rings (SSSR count). The van der Waals surface area contributed by atoms with E-state index >= 15 is 0 Å². The van der Waals surface area contributed by atoms with E-state index in [-0.39, 0.29) is 5.91 Å². The van der Waals surface area contributed by atoms with Crippen molar-refractivity contribution in [2.75, 3.05) is 19.5 Å². The van der Waals surface area contributed by atoms with Gasteiger partial charge in [0.05, 0.1) is 25.5 Å². The molecule has 1 heterocycles. The molecule has 0 saturated carbocycles. The zero-order valence-electron chi connectivity index (χ0n) is 13.4. The molecule has 128 valence electrons. The first kappa shape index (κ1) is 16.9. The Labute approximate surface area is 151 Å².